The molecule has 0 radical (unpaired) electrons. The van der Waals surface area contributed by atoms with E-state index in [0.717, 1.165) is 78.4 Å². The Hall–Kier alpha value is -14.5. The van der Waals surface area contributed by atoms with E-state index in [1.165, 1.54) is 111 Å². The molecule has 0 unspecified atom stereocenters. The lowest BCUT2D eigenvalue weighted by atomic mass is 9.70. The van der Waals surface area contributed by atoms with Gasteiger partial charge in [0.2, 0.25) is 0 Å². The highest BCUT2D eigenvalue weighted by atomic mass is 14.9. The molecule has 18 aromatic rings. The molecule has 0 fully saturated rings. The van der Waals surface area contributed by atoms with E-state index in [1.807, 2.05) is 48.8 Å². The van der Waals surface area contributed by atoms with Gasteiger partial charge in [0, 0.05) is 58.2 Å². The molecule has 4 heterocycles. The second kappa shape index (κ2) is 26.2. The number of hydrogen-bond donors (Lipinski definition) is 0. The number of hydrogen-bond acceptors (Lipinski definition) is 6. The minimum atomic E-state index is -0.368. The molecule has 512 valence electrons. The Bertz CT molecular complexity index is 6540. The van der Waals surface area contributed by atoms with Crippen LogP contribution in [0.3, 0.4) is 0 Å². The quantitative estimate of drug-likeness (QED) is 0.136. The monoisotopic (exact) mass is 1400 g/mol. The highest BCUT2D eigenvalue weighted by Crippen LogP contribution is 2.65. The minimum absolute atomic E-state index is 0.350. The number of aromatic nitrogens is 6. The summed E-state index contributed by atoms with van der Waals surface area (Å²) < 4.78 is 0. The molecule has 6 nitrogen and oxygen atoms in total. The van der Waals surface area contributed by atoms with E-state index in [9.17, 15) is 0 Å². The van der Waals surface area contributed by atoms with Crippen molar-refractivity contribution in [1.82, 2.24) is 29.9 Å². The van der Waals surface area contributed by atoms with Crippen molar-refractivity contribution in [2.24, 2.45) is 0 Å². The largest absolute Gasteiger partial charge is 0.264 e. The van der Waals surface area contributed by atoms with Crippen LogP contribution in [0.4, 0.5) is 0 Å². The Labute approximate surface area is 638 Å². The summed E-state index contributed by atoms with van der Waals surface area (Å²) in [5.74, 6) is 1.29. The smallest absolute Gasteiger partial charge is 0.161 e. The average molecular weight is 1400 g/mol. The molecule has 110 heavy (non-hydrogen) atoms. The van der Waals surface area contributed by atoms with Crippen LogP contribution in [0.1, 0.15) is 44.5 Å². The van der Waals surface area contributed by atoms with Crippen molar-refractivity contribution in [3.8, 4) is 157 Å². The normalized spacial score (nSPS) is 12.9. The van der Waals surface area contributed by atoms with E-state index in [4.69, 9.17) is 19.9 Å². The summed E-state index contributed by atoms with van der Waals surface area (Å²) in [5.41, 5.74) is 39.2. The van der Waals surface area contributed by atoms with Gasteiger partial charge in [-0.1, -0.05) is 309 Å². The van der Waals surface area contributed by atoms with Crippen LogP contribution in [0.2, 0.25) is 0 Å². The first-order valence-corrected chi connectivity index (χ1v) is 37.5. The highest BCUT2D eigenvalue weighted by molar-refractivity contribution is 5.98. The van der Waals surface area contributed by atoms with E-state index < -0.39 is 0 Å². The summed E-state index contributed by atoms with van der Waals surface area (Å²) in [6.45, 7) is 0. The van der Waals surface area contributed by atoms with Crippen molar-refractivity contribution in [2.75, 3.05) is 0 Å². The molecule has 4 aliphatic rings. The molecule has 22 rings (SSSR count). The molecule has 0 aliphatic heterocycles. The molecule has 0 N–H and O–H groups in total. The first-order valence-electron chi connectivity index (χ1n) is 37.5. The SMILES string of the molecule is c1ccc(-c2cccc(-c3cc(-c4ccc(-c5ccc6c(c5)C5(c7ccccc7-c7ccccc75)c5ccccc5-6)cc4)nc(-c4cccnc4)n3)c2)cc1.c1ccc(-c2cccc(-c3cc(-c4cccc(-c5ccc6c(c5)-c5ccccc5C65c6ccccc6-c6ccccc65)c4)nc(-c4cccnc4)n3)c2)cc1. The Morgan fingerprint density at radius 1 is 0.155 bits per heavy atom. The Balaban J connectivity index is 0.000000140. The second-order valence-electron chi connectivity index (χ2n) is 28.8. The molecule has 0 amide bonds. The summed E-state index contributed by atoms with van der Waals surface area (Å²) in [4.78, 5) is 29.2. The lowest BCUT2D eigenvalue weighted by Gasteiger charge is -2.30. The van der Waals surface area contributed by atoms with Gasteiger partial charge >= 0.3 is 0 Å². The van der Waals surface area contributed by atoms with Crippen LogP contribution in [-0.2, 0) is 10.8 Å². The van der Waals surface area contributed by atoms with Gasteiger partial charge in [-0.15, -0.1) is 0 Å². The standard InChI is InChI=1S/2C52H33N3/c1-2-13-34(14-3-1)35-15-10-17-38(29-35)49-32-50(55-51(54-49)40-19-12-28-53-33-40)39-18-11-16-36(30-39)37-26-27-48-44(31-37)43-22-6-9-25-47(43)52(48)45-23-7-4-20-41(45)42-21-5-8-24-46(42)52;1-2-12-34(13-3-1)37-14-10-15-39(30-37)50-32-49(54-51(55-50)40-16-11-29-53-33-40)36-25-23-35(24-26-36)38-27-28-44-43-19-6-9-22-47(43)52(48(44)31-38)45-20-7-4-17-41(45)42-18-5-8-21-46(42)52/h2*1-33H. The fourth-order valence-corrected chi connectivity index (χ4v) is 18.0. The fourth-order valence-electron chi connectivity index (χ4n) is 18.0. The maximum Gasteiger partial charge on any atom is 0.161 e. The molecule has 14 aromatic carbocycles. The van der Waals surface area contributed by atoms with Gasteiger partial charge in [-0.2, -0.15) is 0 Å². The molecule has 6 heteroatoms. The molecule has 0 saturated carbocycles. The molecular formula is C104H66N6. The molecular weight excluding hydrogens is 1330 g/mol. The van der Waals surface area contributed by atoms with Crippen molar-refractivity contribution < 1.29 is 0 Å². The lowest BCUT2D eigenvalue weighted by molar-refractivity contribution is 0.794. The van der Waals surface area contributed by atoms with E-state index >= 15 is 0 Å². The molecule has 4 aliphatic carbocycles. The summed E-state index contributed by atoms with van der Waals surface area (Å²) in [7, 11) is 0. The van der Waals surface area contributed by atoms with E-state index in [1.54, 1.807) is 12.4 Å². The van der Waals surface area contributed by atoms with Gasteiger partial charge in [0.05, 0.1) is 33.6 Å². The zero-order valence-electron chi connectivity index (χ0n) is 59.8. The van der Waals surface area contributed by atoms with Gasteiger partial charge in [-0.05, 0) is 200 Å². The third-order valence-corrected chi connectivity index (χ3v) is 22.8. The third-order valence-electron chi connectivity index (χ3n) is 22.8. The van der Waals surface area contributed by atoms with E-state index in [2.05, 4.69) is 350 Å². The Kier molecular flexibility index (Phi) is 15.3. The Morgan fingerprint density at radius 2 is 0.427 bits per heavy atom. The van der Waals surface area contributed by atoms with Crippen molar-refractivity contribution >= 4 is 0 Å². The van der Waals surface area contributed by atoms with E-state index in [0.29, 0.717) is 11.6 Å². The first kappa shape index (κ1) is 64.0. The molecule has 0 atom stereocenters. The number of pyridine rings is 2. The van der Waals surface area contributed by atoms with E-state index in [-0.39, 0.29) is 10.8 Å². The summed E-state index contributed by atoms with van der Waals surface area (Å²) in [6, 6.07) is 136. The van der Waals surface area contributed by atoms with Crippen LogP contribution < -0.4 is 0 Å². The van der Waals surface area contributed by atoms with Crippen LogP contribution in [0.15, 0.2) is 401 Å². The van der Waals surface area contributed by atoms with Gasteiger partial charge in [0.1, 0.15) is 0 Å². The van der Waals surface area contributed by atoms with Crippen molar-refractivity contribution in [2.45, 2.75) is 10.8 Å². The number of fused-ring (bicyclic) bond motifs is 20. The van der Waals surface area contributed by atoms with Crippen LogP contribution in [0.25, 0.3) is 157 Å². The maximum absolute atomic E-state index is 5.14. The summed E-state index contributed by atoms with van der Waals surface area (Å²) >= 11 is 0. The van der Waals surface area contributed by atoms with Crippen molar-refractivity contribution in [3.05, 3.63) is 445 Å². The number of nitrogens with zero attached hydrogens (tertiary/aromatic N) is 6. The van der Waals surface area contributed by atoms with Gasteiger partial charge in [0.15, 0.2) is 11.6 Å². The molecule has 0 bridgehead atoms. The van der Waals surface area contributed by atoms with Gasteiger partial charge in [-0.25, -0.2) is 19.9 Å². The zero-order valence-corrected chi connectivity index (χ0v) is 59.8. The van der Waals surface area contributed by atoms with Gasteiger partial charge < -0.3 is 0 Å². The van der Waals surface area contributed by atoms with Crippen LogP contribution in [-0.4, -0.2) is 29.9 Å². The topological polar surface area (TPSA) is 77.3 Å². The minimum Gasteiger partial charge on any atom is -0.264 e. The van der Waals surface area contributed by atoms with Crippen LogP contribution >= 0.6 is 0 Å². The third kappa shape index (κ3) is 10.4. The van der Waals surface area contributed by atoms with Crippen LogP contribution in [0, 0.1) is 0 Å². The Morgan fingerprint density at radius 3 is 0.836 bits per heavy atom. The van der Waals surface area contributed by atoms with Crippen LogP contribution in [0.5, 0.6) is 0 Å². The zero-order chi connectivity index (χ0) is 72.7. The average Bonchev–Trinajstić information content (AvgIpc) is 1.52. The number of rotatable bonds is 10. The number of benzene rings is 14. The molecule has 0 saturated heterocycles. The lowest BCUT2D eigenvalue weighted by Crippen LogP contribution is -2.25. The fraction of sp³-hybridized carbons (Fsp3) is 0.0192. The first-order chi connectivity index (χ1) is 54.5. The highest BCUT2D eigenvalue weighted by Gasteiger charge is 2.53. The van der Waals surface area contributed by atoms with Gasteiger partial charge in [-0.3, -0.25) is 9.97 Å². The predicted octanol–water partition coefficient (Wildman–Crippen LogP) is 25.1. The summed E-state index contributed by atoms with van der Waals surface area (Å²) in [6.07, 6.45) is 7.21. The predicted molar refractivity (Wildman–Crippen MR) is 447 cm³/mol. The second-order valence-corrected chi connectivity index (χ2v) is 28.8. The van der Waals surface area contributed by atoms with Crippen molar-refractivity contribution in [3.63, 3.8) is 0 Å². The maximum atomic E-state index is 5.14. The summed E-state index contributed by atoms with van der Waals surface area (Å²) in [5, 5.41) is 0. The molecule has 2 spiro atoms. The molecule has 4 aromatic heterocycles. The van der Waals surface area contributed by atoms with Crippen molar-refractivity contribution in [1.29, 1.82) is 0 Å². The van der Waals surface area contributed by atoms with Gasteiger partial charge in [0.25, 0.3) is 0 Å².